The SMILES string of the molecule is O=c1ccc2ncc(=O)n3c2n1CC3CN1CCCCC1. The van der Waals surface area contributed by atoms with Crippen LogP contribution in [0.25, 0.3) is 11.2 Å². The molecule has 0 aromatic carbocycles. The number of rotatable bonds is 2. The maximum atomic E-state index is 12.2. The van der Waals surface area contributed by atoms with E-state index in [1.807, 2.05) is 0 Å². The van der Waals surface area contributed by atoms with Crippen molar-refractivity contribution in [2.24, 2.45) is 0 Å². The van der Waals surface area contributed by atoms with E-state index in [4.69, 9.17) is 0 Å². The minimum atomic E-state index is -0.110. The lowest BCUT2D eigenvalue weighted by molar-refractivity contribution is 0.195. The van der Waals surface area contributed by atoms with E-state index < -0.39 is 0 Å². The van der Waals surface area contributed by atoms with Crippen molar-refractivity contribution in [1.82, 2.24) is 19.0 Å². The summed E-state index contributed by atoms with van der Waals surface area (Å²) < 4.78 is 3.46. The molecule has 0 bridgehead atoms. The maximum Gasteiger partial charge on any atom is 0.270 e. The molecule has 4 heterocycles. The molecule has 0 aliphatic carbocycles. The van der Waals surface area contributed by atoms with Gasteiger partial charge in [-0.1, -0.05) is 6.42 Å². The average molecular weight is 286 g/mol. The number of hydrogen-bond acceptors (Lipinski definition) is 4. The van der Waals surface area contributed by atoms with Gasteiger partial charge in [0.05, 0.1) is 12.2 Å². The summed E-state index contributed by atoms with van der Waals surface area (Å²) >= 11 is 0. The van der Waals surface area contributed by atoms with E-state index in [-0.39, 0.29) is 17.2 Å². The van der Waals surface area contributed by atoms with Crippen LogP contribution in [0.2, 0.25) is 0 Å². The molecule has 1 fully saturated rings. The molecule has 6 nitrogen and oxygen atoms in total. The lowest BCUT2D eigenvalue weighted by Crippen LogP contribution is -2.37. The summed E-state index contributed by atoms with van der Waals surface area (Å²) in [7, 11) is 0. The first-order chi connectivity index (χ1) is 10.2. The third-order valence-corrected chi connectivity index (χ3v) is 4.59. The van der Waals surface area contributed by atoms with Gasteiger partial charge in [-0.05, 0) is 32.0 Å². The van der Waals surface area contributed by atoms with E-state index in [0.29, 0.717) is 12.2 Å². The van der Waals surface area contributed by atoms with Gasteiger partial charge in [-0.15, -0.1) is 0 Å². The first-order valence-electron chi connectivity index (χ1n) is 7.57. The fourth-order valence-electron chi connectivity index (χ4n) is 3.60. The van der Waals surface area contributed by atoms with Gasteiger partial charge >= 0.3 is 0 Å². The second-order valence-corrected chi connectivity index (χ2v) is 5.97. The highest BCUT2D eigenvalue weighted by Gasteiger charge is 2.28. The van der Waals surface area contributed by atoms with Crippen molar-refractivity contribution >= 4 is 11.2 Å². The maximum absolute atomic E-state index is 12.2. The number of nitrogens with zero attached hydrogens (tertiary/aromatic N) is 4. The molecular formula is C15H18N4O2. The second kappa shape index (κ2) is 4.80. The van der Waals surface area contributed by atoms with Crippen molar-refractivity contribution in [3.63, 3.8) is 0 Å². The lowest BCUT2D eigenvalue weighted by Gasteiger charge is -2.29. The Morgan fingerprint density at radius 2 is 1.90 bits per heavy atom. The van der Waals surface area contributed by atoms with Gasteiger partial charge in [0.1, 0.15) is 11.2 Å². The van der Waals surface area contributed by atoms with Gasteiger partial charge in [0.15, 0.2) is 0 Å². The zero-order chi connectivity index (χ0) is 14.4. The largest absolute Gasteiger partial charge is 0.301 e. The Kier molecular flexibility index (Phi) is 2.92. The second-order valence-electron chi connectivity index (χ2n) is 5.97. The normalized spacial score (nSPS) is 22.0. The van der Waals surface area contributed by atoms with Gasteiger partial charge < -0.3 is 4.90 Å². The highest BCUT2D eigenvalue weighted by atomic mass is 16.1. The molecule has 1 saturated heterocycles. The third kappa shape index (κ3) is 2.01. The molecule has 110 valence electrons. The van der Waals surface area contributed by atoms with Crippen LogP contribution in [0.5, 0.6) is 0 Å². The predicted molar refractivity (Wildman–Crippen MR) is 79.6 cm³/mol. The molecule has 6 heteroatoms. The molecule has 1 unspecified atom stereocenters. The van der Waals surface area contributed by atoms with Crippen molar-refractivity contribution < 1.29 is 0 Å². The van der Waals surface area contributed by atoms with Crippen LogP contribution in [-0.2, 0) is 6.54 Å². The topological polar surface area (TPSA) is 60.1 Å². The van der Waals surface area contributed by atoms with Crippen molar-refractivity contribution in [2.45, 2.75) is 31.8 Å². The van der Waals surface area contributed by atoms with Crippen molar-refractivity contribution in [3.8, 4) is 0 Å². The Morgan fingerprint density at radius 1 is 1.10 bits per heavy atom. The molecule has 0 amide bonds. The number of hydrogen-bond donors (Lipinski definition) is 0. The molecule has 2 aliphatic heterocycles. The Labute approximate surface area is 121 Å². The van der Waals surface area contributed by atoms with Crippen LogP contribution >= 0.6 is 0 Å². The Bertz CT molecular complexity index is 796. The fourth-order valence-corrected chi connectivity index (χ4v) is 3.60. The van der Waals surface area contributed by atoms with Crippen LogP contribution in [0, 0.1) is 0 Å². The molecule has 2 aromatic rings. The van der Waals surface area contributed by atoms with E-state index in [9.17, 15) is 9.59 Å². The average Bonchev–Trinajstić information content (AvgIpc) is 2.88. The minimum absolute atomic E-state index is 0.0381. The summed E-state index contributed by atoms with van der Waals surface area (Å²) in [6.45, 7) is 3.59. The van der Waals surface area contributed by atoms with Crippen LogP contribution in [0.4, 0.5) is 0 Å². The monoisotopic (exact) mass is 286 g/mol. The summed E-state index contributed by atoms with van der Waals surface area (Å²) in [6, 6.07) is 3.28. The molecule has 0 radical (unpaired) electrons. The van der Waals surface area contributed by atoms with Gasteiger partial charge in [-0.25, -0.2) is 4.98 Å². The van der Waals surface area contributed by atoms with Crippen LogP contribution in [0.3, 0.4) is 0 Å². The standard InChI is InChI=1S/C15H18N4O2/c20-13-5-4-12-15-18(13)10-11(19(15)14(21)8-16-12)9-17-6-2-1-3-7-17/h4-5,8,11H,1-3,6-7,9-10H2. The van der Waals surface area contributed by atoms with Gasteiger partial charge in [0.25, 0.3) is 11.1 Å². The Balaban J connectivity index is 1.78. The number of likely N-dealkylation sites (tertiary alicyclic amines) is 1. The molecule has 4 rings (SSSR count). The predicted octanol–water partition coefficient (Wildman–Crippen LogP) is 0.599. The van der Waals surface area contributed by atoms with E-state index in [1.165, 1.54) is 31.5 Å². The molecule has 0 saturated carbocycles. The molecule has 2 aromatic heterocycles. The van der Waals surface area contributed by atoms with E-state index in [2.05, 4.69) is 9.88 Å². The zero-order valence-electron chi connectivity index (χ0n) is 11.9. The summed E-state index contributed by atoms with van der Waals surface area (Å²) in [6.07, 6.45) is 5.10. The number of piperidine rings is 1. The van der Waals surface area contributed by atoms with Crippen molar-refractivity contribution in [3.05, 3.63) is 39.0 Å². The molecule has 21 heavy (non-hydrogen) atoms. The highest BCUT2D eigenvalue weighted by Crippen LogP contribution is 2.23. The van der Waals surface area contributed by atoms with Crippen LogP contribution in [0.15, 0.2) is 27.9 Å². The summed E-state index contributed by atoms with van der Waals surface area (Å²) in [5, 5.41) is 0. The van der Waals surface area contributed by atoms with Crippen LogP contribution < -0.4 is 11.1 Å². The van der Waals surface area contributed by atoms with E-state index in [0.717, 1.165) is 25.2 Å². The van der Waals surface area contributed by atoms with Crippen LogP contribution in [-0.4, -0.2) is 38.7 Å². The number of pyridine rings is 1. The summed E-state index contributed by atoms with van der Waals surface area (Å²) in [4.78, 5) is 30.8. The van der Waals surface area contributed by atoms with Crippen molar-refractivity contribution in [1.29, 1.82) is 0 Å². The zero-order valence-corrected chi connectivity index (χ0v) is 11.9. The Morgan fingerprint density at radius 3 is 2.71 bits per heavy atom. The number of aromatic nitrogens is 3. The lowest BCUT2D eigenvalue weighted by atomic mass is 10.1. The molecular weight excluding hydrogens is 268 g/mol. The molecule has 2 aliphatic rings. The molecule has 0 spiro atoms. The first-order valence-corrected chi connectivity index (χ1v) is 7.57. The molecule has 1 atom stereocenters. The van der Waals surface area contributed by atoms with Crippen LogP contribution in [0.1, 0.15) is 25.3 Å². The fraction of sp³-hybridized carbons (Fsp3) is 0.533. The summed E-state index contributed by atoms with van der Waals surface area (Å²) in [5.41, 5.74) is 1.23. The summed E-state index contributed by atoms with van der Waals surface area (Å²) in [5.74, 6) is 0. The van der Waals surface area contributed by atoms with Gasteiger partial charge in [0, 0.05) is 19.2 Å². The van der Waals surface area contributed by atoms with Crippen molar-refractivity contribution in [2.75, 3.05) is 19.6 Å². The Hall–Kier alpha value is -1.95. The van der Waals surface area contributed by atoms with Gasteiger partial charge in [-0.2, -0.15) is 0 Å². The van der Waals surface area contributed by atoms with E-state index >= 15 is 0 Å². The van der Waals surface area contributed by atoms with Gasteiger partial charge in [0.2, 0.25) is 0 Å². The van der Waals surface area contributed by atoms with E-state index in [1.54, 1.807) is 15.2 Å². The minimum Gasteiger partial charge on any atom is -0.301 e. The quantitative estimate of drug-likeness (QED) is 0.811. The first kappa shape index (κ1) is 12.8. The smallest absolute Gasteiger partial charge is 0.270 e. The third-order valence-electron chi connectivity index (χ3n) is 4.59. The molecule has 0 N–H and O–H groups in total. The highest BCUT2D eigenvalue weighted by molar-refractivity contribution is 5.71. The van der Waals surface area contributed by atoms with Gasteiger partial charge in [-0.3, -0.25) is 18.7 Å².